The second-order valence-electron chi connectivity index (χ2n) is 5.48. The van der Waals surface area contributed by atoms with Gasteiger partial charge in [0.1, 0.15) is 0 Å². The van der Waals surface area contributed by atoms with Gasteiger partial charge in [-0.15, -0.1) is 24.8 Å². The Balaban J connectivity index is 0.00000312. The first-order chi connectivity index (χ1) is 11.4. The van der Waals surface area contributed by atoms with E-state index in [0.717, 1.165) is 24.2 Å². The lowest BCUT2D eigenvalue weighted by atomic mass is 9.93. The van der Waals surface area contributed by atoms with Gasteiger partial charge in [0.25, 0.3) is 0 Å². The average Bonchev–Trinajstić information content (AvgIpc) is 2.48. The Bertz CT molecular complexity index is 595. The van der Waals surface area contributed by atoms with Crippen molar-refractivity contribution in [2.75, 3.05) is 13.1 Å². The third-order valence-corrected chi connectivity index (χ3v) is 4.54. The molecular formula is C18H22Cl6N2. The molecule has 0 spiro atoms. The summed E-state index contributed by atoms with van der Waals surface area (Å²) in [5, 5.41) is 9.46. The van der Waals surface area contributed by atoms with Crippen molar-refractivity contribution >= 4 is 71.2 Å². The highest BCUT2D eigenvalue weighted by molar-refractivity contribution is 6.35. The molecule has 0 amide bonds. The van der Waals surface area contributed by atoms with E-state index in [1.807, 2.05) is 24.3 Å². The molecule has 0 bridgehead atoms. The SMILES string of the molecule is CCNC(c1cc(Cl)cc(Cl)c1)C(NCC)c1cc(Cl)cc(Cl)c1.Cl.Cl. The van der Waals surface area contributed by atoms with E-state index in [0.29, 0.717) is 20.1 Å². The van der Waals surface area contributed by atoms with E-state index >= 15 is 0 Å². The van der Waals surface area contributed by atoms with Gasteiger partial charge in [-0.25, -0.2) is 0 Å². The lowest BCUT2D eigenvalue weighted by molar-refractivity contribution is 0.398. The minimum absolute atomic E-state index is 0. The summed E-state index contributed by atoms with van der Waals surface area (Å²) in [6.45, 7) is 5.72. The monoisotopic (exact) mass is 476 g/mol. The first kappa shape index (κ1) is 26.1. The molecule has 0 radical (unpaired) electrons. The number of rotatable bonds is 7. The quantitative estimate of drug-likeness (QED) is 0.441. The summed E-state index contributed by atoms with van der Waals surface area (Å²) < 4.78 is 0. The van der Waals surface area contributed by atoms with E-state index in [1.165, 1.54) is 0 Å². The van der Waals surface area contributed by atoms with E-state index in [9.17, 15) is 0 Å². The van der Waals surface area contributed by atoms with E-state index in [2.05, 4.69) is 24.5 Å². The van der Waals surface area contributed by atoms with Crippen LogP contribution in [0.2, 0.25) is 20.1 Å². The third-order valence-electron chi connectivity index (χ3n) is 3.67. The molecule has 2 aromatic carbocycles. The Labute approximate surface area is 187 Å². The number of halogens is 6. The molecule has 0 aliphatic carbocycles. The maximum atomic E-state index is 6.20. The largest absolute Gasteiger partial charge is 0.309 e. The minimum Gasteiger partial charge on any atom is -0.309 e. The first-order valence-corrected chi connectivity index (χ1v) is 9.34. The van der Waals surface area contributed by atoms with Gasteiger partial charge in [0, 0.05) is 20.1 Å². The molecule has 2 nitrogen and oxygen atoms in total. The second-order valence-corrected chi connectivity index (χ2v) is 7.22. The van der Waals surface area contributed by atoms with Crippen LogP contribution >= 0.6 is 71.2 Å². The molecule has 2 rings (SSSR count). The average molecular weight is 479 g/mol. The van der Waals surface area contributed by atoms with E-state index in [1.54, 1.807) is 12.1 Å². The van der Waals surface area contributed by atoms with Crippen LogP contribution in [-0.2, 0) is 0 Å². The lowest BCUT2D eigenvalue weighted by Gasteiger charge is -2.30. The normalized spacial score (nSPS) is 12.7. The van der Waals surface area contributed by atoms with Gasteiger partial charge in [-0.1, -0.05) is 60.3 Å². The Kier molecular flexibility index (Phi) is 12.6. The molecule has 0 saturated heterocycles. The zero-order chi connectivity index (χ0) is 17.7. The summed E-state index contributed by atoms with van der Waals surface area (Å²) in [7, 11) is 0. The molecule has 2 unspecified atom stereocenters. The molecule has 0 aliphatic heterocycles. The van der Waals surface area contributed by atoms with E-state index < -0.39 is 0 Å². The van der Waals surface area contributed by atoms with E-state index in [4.69, 9.17) is 46.4 Å². The Hall–Kier alpha value is 0.1000. The maximum absolute atomic E-state index is 6.20. The minimum atomic E-state index is -0.0271. The van der Waals surface area contributed by atoms with Crippen LogP contribution in [0, 0.1) is 0 Å². The fourth-order valence-electron chi connectivity index (χ4n) is 2.81. The smallest absolute Gasteiger partial charge is 0.0519 e. The summed E-state index contributed by atoms with van der Waals surface area (Å²) in [6.07, 6.45) is 0. The molecule has 0 aromatic heterocycles. The molecule has 2 atom stereocenters. The van der Waals surface area contributed by atoms with Gasteiger partial charge in [-0.2, -0.15) is 0 Å². The van der Waals surface area contributed by atoms with Gasteiger partial charge in [-0.05, 0) is 60.6 Å². The summed E-state index contributed by atoms with van der Waals surface area (Å²) in [5.74, 6) is 0. The predicted octanol–water partition coefficient (Wildman–Crippen LogP) is 7.15. The van der Waals surface area contributed by atoms with Crippen LogP contribution in [0.15, 0.2) is 36.4 Å². The summed E-state index contributed by atoms with van der Waals surface area (Å²) in [6, 6.07) is 11.1. The molecule has 0 heterocycles. The van der Waals surface area contributed by atoms with Gasteiger partial charge >= 0.3 is 0 Å². The predicted molar refractivity (Wildman–Crippen MR) is 120 cm³/mol. The first-order valence-electron chi connectivity index (χ1n) is 7.83. The highest BCUT2D eigenvalue weighted by atomic mass is 35.5. The van der Waals surface area contributed by atoms with Crippen LogP contribution in [0.4, 0.5) is 0 Å². The highest BCUT2D eigenvalue weighted by Gasteiger charge is 2.24. The molecule has 26 heavy (non-hydrogen) atoms. The Morgan fingerprint density at radius 3 is 1.12 bits per heavy atom. The third kappa shape index (κ3) is 7.26. The molecular weight excluding hydrogens is 457 g/mol. The number of nitrogens with one attached hydrogen (secondary N) is 2. The van der Waals surface area contributed by atoms with Crippen LogP contribution in [0.5, 0.6) is 0 Å². The molecule has 0 aliphatic rings. The van der Waals surface area contributed by atoms with Crippen LogP contribution in [0.1, 0.15) is 37.1 Å². The molecule has 0 saturated carbocycles. The van der Waals surface area contributed by atoms with Crippen molar-refractivity contribution in [2.45, 2.75) is 25.9 Å². The number of hydrogen-bond acceptors (Lipinski definition) is 2. The van der Waals surface area contributed by atoms with Crippen LogP contribution in [0.3, 0.4) is 0 Å². The summed E-state index contributed by atoms with van der Waals surface area (Å²) >= 11 is 24.8. The van der Waals surface area contributed by atoms with Gasteiger partial charge in [0.15, 0.2) is 0 Å². The van der Waals surface area contributed by atoms with Gasteiger partial charge in [-0.3, -0.25) is 0 Å². The number of benzene rings is 2. The number of likely N-dealkylation sites (N-methyl/N-ethyl adjacent to an activating group) is 2. The van der Waals surface area contributed by atoms with Crippen molar-refractivity contribution in [1.29, 1.82) is 0 Å². The van der Waals surface area contributed by atoms with Crippen molar-refractivity contribution in [3.05, 3.63) is 67.6 Å². The second kappa shape index (κ2) is 12.5. The molecule has 8 heteroatoms. The molecule has 146 valence electrons. The van der Waals surface area contributed by atoms with Crippen molar-refractivity contribution in [2.24, 2.45) is 0 Å². The van der Waals surface area contributed by atoms with Crippen molar-refractivity contribution < 1.29 is 0 Å². The maximum Gasteiger partial charge on any atom is 0.0519 e. The zero-order valence-electron chi connectivity index (χ0n) is 14.4. The van der Waals surface area contributed by atoms with Crippen molar-refractivity contribution in [3.8, 4) is 0 Å². The fraction of sp³-hybridized carbons (Fsp3) is 0.333. The topological polar surface area (TPSA) is 24.1 Å². The van der Waals surface area contributed by atoms with Crippen LogP contribution in [-0.4, -0.2) is 13.1 Å². The van der Waals surface area contributed by atoms with Gasteiger partial charge < -0.3 is 10.6 Å². The summed E-state index contributed by atoms with van der Waals surface area (Å²) in [4.78, 5) is 0. The van der Waals surface area contributed by atoms with Crippen LogP contribution in [0.25, 0.3) is 0 Å². The lowest BCUT2D eigenvalue weighted by Crippen LogP contribution is -2.35. The fourth-order valence-corrected chi connectivity index (χ4v) is 3.89. The van der Waals surface area contributed by atoms with Gasteiger partial charge in [0.2, 0.25) is 0 Å². The Morgan fingerprint density at radius 2 is 0.885 bits per heavy atom. The molecule has 0 fully saturated rings. The Morgan fingerprint density at radius 1 is 0.615 bits per heavy atom. The highest BCUT2D eigenvalue weighted by Crippen LogP contribution is 2.34. The standard InChI is InChI=1S/C18H20Cl4N2.2ClH/c1-3-23-17(11-5-13(19)9-14(20)6-11)18(24-4-2)12-7-15(21)10-16(22)8-12;;/h5-10,17-18,23-24H,3-4H2,1-2H3;2*1H. The molecule has 2 aromatic rings. The molecule has 2 N–H and O–H groups in total. The van der Waals surface area contributed by atoms with Gasteiger partial charge in [0.05, 0.1) is 12.1 Å². The van der Waals surface area contributed by atoms with Crippen LogP contribution < -0.4 is 10.6 Å². The summed E-state index contributed by atoms with van der Waals surface area (Å²) in [5.41, 5.74) is 2.02. The van der Waals surface area contributed by atoms with E-state index in [-0.39, 0.29) is 36.9 Å². The number of hydrogen-bond donors (Lipinski definition) is 2. The van der Waals surface area contributed by atoms with Crippen molar-refractivity contribution in [1.82, 2.24) is 10.6 Å². The zero-order valence-corrected chi connectivity index (χ0v) is 19.0. The van der Waals surface area contributed by atoms with Crippen molar-refractivity contribution in [3.63, 3.8) is 0 Å².